The van der Waals surface area contributed by atoms with Crippen molar-refractivity contribution in [3.63, 3.8) is 0 Å². The zero-order valence-electron chi connectivity index (χ0n) is 8.27. The second-order valence-electron chi connectivity index (χ2n) is 3.26. The number of nitrogens with two attached hydrogens (primary N) is 1. The Labute approximate surface area is 91.0 Å². The lowest BCUT2D eigenvalue weighted by Crippen LogP contribution is -2.15. The minimum atomic E-state index is -0.927. The Hall–Kier alpha value is -1.88. The number of hydrogen-bond donors (Lipinski definition) is 1. The van der Waals surface area contributed by atoms with Crippen molar-refractivity contribution >= 4 is 0 Å². The topological polar surface area (TPSA) is 51.8 Å². The minimum absolute atomic E-state index is 0.369. The van der Waals surface area contributed by atoms with E-state index in [1.807, 2.05) is 0 Å². The fourth-order valence-electron chi connectivity index (χ4n) is 1.33. The third-order valence-electron chi connectivity index (χ3n) is 2.17. The van der Waals surface area contributed by atoms with E-state index in [1.165, 1.54) is 6.07 Å². The highest BCUT2D eigenvalue weighted by Gasteiger charge is 2.13. The largest absolute Gasteiger partial charge is 0.318 e. The van der Waals surface area contributed by atoms with Gasteiger partial charge in [0.2, 0.25) is 0 Å². The molecule has 1 aromatic heterocycles. The molecule has 0 aliphatic heterocycles. The van der Waals surface area contributed by atoms with Gasteiger partial charge in [0.15, 0.2) is 11.6 Å². The van der Waals surface area contributed by atoms with Gasteiger partial charge < -0.3 is 5.73 Å². The number of rotatable bonds is 2. The Morgan fingerprint density at radius 1 is 1.06 bits per heavy atom. The summed E-state index contributed by atoms with van der Waals surface area (Å²) < 4.78 is 25.7. The Balaban J connectivity index is 2.34. The summed E-state index contributed by atoms with van der Waals surface area (Å²) in [6.45, 7) is 0. The first kappa shape index (κ1) is 10.6. The van der Waals surface area contributed by atoms with Crippen molar-refractivity contribution < 1.29 is 8.78 Å². The van der Waals surface area contributed by atoms with Crippen LogP contribution in [0.2, 0.25) is 0 Å². The number of halogens is 2. The van der Waals surface area contributed by atoms with Crippen molar-refractivity contribution in [2.75, 3.05) is 0 Å². The van der Waals surface area contributed by atoms with Gasteiger partial charge >= 0.3 is 0 Å². The van der Waals surface area contributed by atoms with Crippen molar-refractivity contribution in [3.05, 3.63) is 59.7 Å². The molecule has 16 heavy (non-hydrogen) atoms. The molecule has 5 heteroatoms. The molecule has 0 aliphatic rings. The molecule has 2 aromatic rings. The number of benzene rings is 1. The first-order chi connectivity index (χ1) is 7.68. The highest BCUT2D eigenvalue weighted by Crippen LogP contribution is 2.18. The van der Waals surface area contributed by atoms with Gasteiger partial charge in [-0.2, -0.15) is 0 Å². The fourth-order valence-corrected chi connectivity index (χ4v) is 1.33. The molecule has 0 saturated carbocycles. The van der Waals surface area contributed by atoms with Gasteiger partial charge in [-0.25, -0.2) is 18.7 Å². The maximum Gasteiger partial charge on any atom is 0.159 e. The summed E-state index contributed by atoms with van der Waals surface area (Å²) in [5, 5.41) is 0. The Kier molecular flexibility index (Phi) is 2.87. The summed E-state index contributed by atoms with van der Waals surface area (Å²) in [6.07, 6.45) is 3.09. The summed E-state index contributed by atoms with van der Waals surface area (Å²) in [7, 11) is 0. The second-order valence-corrected chi connectivity index (χ2v) is 3.26. The van der Waals surface area contributed by atoms with Gasteiger partial charge in [0.1, 0.15) is 5.82 Å². The van der Waals surface area contributed by atoms with Gasteiger partial charge in [-0.3, -0.25) is 0 Å². The van der Waals surface area contributed by atoms with Crippen molar-refractivity contribution in [2.45, 2.75) is 6.04 Å². The summed E-state index contributed by atoms with van der Waals surface area (Å²) in [4.78, 5) is 7.91. The van der Waals surface area contributed by atoms with E-state index in [2.05, 4.69) is 9.97 Å². The lowest BCUT2D eigenvalue weighted by Gasteiger charge is -2.10. The number of aromatic nitrogens is 2. The van der Waals surface area contributed by atoms with E-state index in [-0.39, 0.29) is 0 Å². The van der Waals surface area contributed by atoms with Crippen LogP contribution in [0.1, 0.15) is 17.4 Å². The van der Waals surface area contributed by atoms with Gasteiger partial charge in [-0.1, -0.05) is 6.07 Å². The molecule has 0 bridgehead atoms. The Morgan fingerprint density at radius 3 is 2.38 bits per heavy atom. The van der Waals surface area contributed by atoms with Gasteiger partial charge in [0, 0.05) is 12.4 Å². The predicted molar refractivity (Wildman–Crippen MR) is 54.4 cm³/mol. The lowest BCUT2D eigenvalue weighted by molar-refractivity contribution is 0.506. The zero-order valence-corrected chi connectivity index (χ0v) is 8.27. The first-order valence-electron chi connectivity index (χ1n) is 4.66. The average Bonchev–Trinajstić information content (AvgIpc) is 2.33. The SMILES string of the molecule is NC(c1ccc(F)c(F)c1)c1ncccn1. The van der Waals surface area contributed by atoms with Crippen LogP contribution in [0.15, 0.2) is 36.7 Å². The van der Waals surface area contributed by atoms with E-state index in [9.17, 15) is 8.78 Å². The van der Waals surface area contributed by atoms with Crippen molar-refractivity contribution in [3.8, 4) is 0 Å². The maximum atomic E-state index is 13.0. The molecule has 0 spiro atoms. The van der Waals surface area contributed by atoms with Crippen molar-refractivity contribution in [1.29, 1.82) is 0 Å². The van der Waals surface area contributed by atoms with E-state index >= 15 is 0 Å². The highest BCUT2D eigenvalue weighted by molar-refractivity contribution is 5.25. The molecule has 1 atom stereocenters. The van der Waals surface area contributed by atoms with Crippen LogP contribution in [0.5, 0.6) is 0 Å². The first-order valence-corrected chi connectivity index (χ1v) is 4.66. The number of hydrogen-bond acceptors (Lipinski definition) is 3. The van der Waals surface area contributed by atoms with Gasteiger partial charge in [-0.05, 0) is 23.8 Å². The van der Waals surface area contributed by atoms with Crippen molar-refractivity contribution in [1.82, 2.24) is 9.97 Å². The number of nitrogens with zero attached hydrogens (tertiary/aromatic N) is 2. The predicted octanol–water partition coefficient (Wildman–Crippen LogP) is 1.80. The van der Waals surface area contributed by atoms with E-state index < -0.39 is 17.7 Å². The fraction of sp³-hybridized carbons (Fsp3) is 0.0909. The molecule has 82 valence electrons. The molecule has 2 rings (SSSR count). The van der Waals surface area contributed by atoms with Crippen LogP contribution in [0.3, 0.4) is 0 Å². The van der Waals surface area contributed by atoms with Crippen LogP contribution in [-0.2, 0) is 0 Å². The highest BCUT2D eigenvalue weighted by atomic mass is 19.2. The Morgan fingerprint density at radius 2 is 1.75 bits per heavy atom. The molecule has 1 unspecified atom stereocenters. The monoisotopic (exact) mass is 221 g/mol. The molecule has 0 saturated heterocycles. The van der Waals surface area contributed by atoms with Gasteiger partial charge in [0.05, 0.1) is 6.04 Å². The molecule has 3 nitrogen and oxygen atoms in total. The van der Waals surface area contributed by atoms with Crippen LogP contribution in [0.25, 0.3) is 0 Å². The molecular formula is C11H9F2N3. The molecule has 1 aromatic carbocycles. The van der Waals surface area contributed by atoms with E-state index in [4.69, 9.17) is 5.73 Å². The van der Waals surface area contributed by atoms with E-state index in [0.29, 0.717) is 11.4 Å². The van der Waals surface area contributed by atoms with Crippen LogP contribution >= 0.6 is 0 Å². The van der Waals surface area contributed by atoms with Crippen molar-refractivity contribution in [2.24, 2.45) is 5.73 Å². The van der Waals surface area contributed by atoms with Crippen LogP contribution in [0, 0.1) is 11.6 Å². The quantitative estimate of drug-likeness (QED) is 0.841. The molecule has 0 fully saturated rings. The standard InChI is InChI=1S/C11H9F2N3/c12-8-3-2-7(6-9(8)13)10(14)11-15-4-1-5-16-11/h1-6,10H,14H2. The summed E-state index contributed by atoms with van der Waals surface area (Å²) in [6, 6.07) is 4.50. The molecule has 0 aliphatic carbocycles. The van der Waals surface area contributed by atoms with Gasteiger partial charge in [0.25, 0.3) is 0 Å². The summed E-state index contributed by atoms with van der Waals surface area (Å²) in [5.41, 5.74) is 6.26. The lowest BCUT2D eigenvalue weighted by atomic mass is 10.1. The smallest absolute Gasteiger partial charge is 0.159 e. The summed E-state index contributed by atoms with van der Waals surface area (Å²) in [5.74, 6) is -1.46. The van der Waals surface area contributed by atoms with E-state index in [0.717, 1.165) is 12.1 Å². The third-order valence-corrected chi connectivity index (χ3v) is 2.17. The molecule has 1 heterocycles. The zero-order chi connectivity index (χ0) is 11.5. The normalized spacial score (nSPS) is 12.4. The Bertz CT molecular complexity index is 488. The molecule has 2 N–H and O–H groups in total. The van der Waals surface area contributed by atoms with E-state index in [1.54, 1.807) is 18.5 Å². The minimum Gasteiger partial charge on any atom is -0.318 e. The van der Waals surface area contributed by atoms with Gasteiger partial charge in [-0.15, -0.1) is 0 Å². The second kappa shape index (κ2) is 4.32. The third kappa shape index (κ3) is 2.04. The average molecular weight is 221 g/mol. The van der Waals surface area contributed by atoms with Crippen LogP contribution in [-0.4, -0.2) is 9.97 Å². The summed E-state index contributed by atoms with van der Waals surface area (Å²) >= 11 is 0. The van der Waals surface area contributed by atoms with Crippen LogP contribution in [0.4, 0.5) is 8.78 Å². The molecular weight excluding hydrogens is 212 g/mol. The molecule has 0 amide bonds. The maximum absolute atomic E-state index is 13.0. The molecule has 0 radical (unpaired) electrons. The van der Waals surface area contributed by atoms with Crippen LogP contribution < -0.4 is 5.73 Å².